The van der Waals surface area contributed by atoms with Crippen LogP contribution < -0.4 is 0 Å². The van der Waals surface area contributed by atoms with E-state index < -0.39 is 0 Å². The molecule has 0 N–H and O–H groups in total. The maximum absolute atomic E-state index is 9.11. The number of hydrogen-bond donors (Lipinski definition) is 0. The molecule has 0 fully saturated rings. The van der Waals surface area contributed by atoms with Crippen LogP contribution in [0, 0.1) is 18.3 Å². The van der Waals surface area contributed by atoms with Crippen LogP contribution in [-0.2, 0) is 12.3 Å². The molecule has 0 aliphatic heterocycles. The van der Waals surface area contributed by atoms with Gasteiger partial charge >= 0.3 is 0 Å². The molecule has 0 saturated carbocycles. The van der Waals surface area contributed by atoms with Gasteiger partial charge in [0.1, 0.15) is 5.52 Å². The minimum Gasteiger partial charge on any atom is -0.319 e. The van der Waals surface area contributed by atoms with Gasteiger partial charge in [0.2, 0.25) is 5.16 Å². The number of benzene rings is 3. The number of aromatic nitrogens is 4. The van der Waals surface area contributed by atoms with Crippen molar-refractivity contribution in [2.75, 3.05) is 0 Å². The highest BCUT2D eigenvalue weighted by Crippen LogP contribution is 2.29. The van der Waals surface area contributed by atoms with Crippen LogP contribution in [0.3, 0.4) is 0 Å². The standard InChI is InChI=1S/C25H19N5S/c1-17-6-4-8-19(12-17)15-30-22-11-3-2-10-21(22)23-24(30)27-25(29-28-23)31-16-20-9-5-7-18(13-20)14-26/h2-13H,15-16H2,1H3. The Morgan fingerprint density at radius 2 is 1.77 bits per heavy atom. The third-order valence-electron chi connectivity index (χ3n) is 5.20. The van der Waals surface area contributed by atoms with E-state index in [1.807, 2.05) is 36.4 Å². The Labute approximate surface area is 184 Å². The molecule has 0 aliphatic carbocycles. The zero-order valence-electron chi connectivity index (χ0n) is 17.0. The van der Waals surface area contributed by atoms with Gasteiger partial charge in [0, 0.05) is 17.7 Å². The molecule has 0 spiro atoms. The first-order valence-corrected chi connectivity index (χ1v) is 11.0. The van der Waals surface area contributed by atoms with Crippen molar-refractivity contribution in [2.24, 2.45) is 0 Å². The van der Waals surface area contributed by atoms with E-state index in [9.17, 15) is 0 Å². The number of para-hydroxylation sites is 1. The van der Waals surface area contributed by atoms with Gasteiger partial charge in [-0.25, -0.2) is 4.98 Å². The Morgan fingerprint density at radius 3 is 2.65 bits per heavy atom. The summed E-state index contributed by atoms with van der Waals surface area (Å²) < 4.78 is 2.22. The minimum atomic E-state index is 0.628. The Balaban J connectivity index is 1.53. The molecule has 3 aromatic carbocycles. The molecular weight excluding hydrogens is 402 g/mol. The molecule has 6 heteroatoms. The van der Waals surface area contributed by atoms with Crippen LogP contribution in [0.5, 0.6) is 0 Å². The Bertz CT molecular complexity index is 1450. The first kappa shape index (κ1) is 19.3. The summed E-state index contributed by atoms with van der Waals surface area (Å²) >= 11 is 1.53. The average Bonchev–Trinajstić information content (AvgIpc) is 3.11. The molecule has 0 bridgehead atoms. The van der Waals surface area contributed by atoms with Crippen LogP contribution in [-0.4, -0.2) is 19.7 Å². The number of thioether (sulfide) groups is 1. The van der Waals surface area contributed by atoms with Crippen molar-refractivity contribution in [1.82, 2.24) is 19.7 Å². The maximum atomic E-state index is 9.11. The van der Waals surface area contributed by atoms with Gasteiger partial charge in [-0.15, -0.1) is 10.2 Å². The SMILES string of the molecule is Cc1cccc(Cn2c3ccccc3c3nnc(SCc4cccc(C#N)c4)nc32)c1. The minimum absolute atomic E-state index is 0.628. The number of hydrogen-bond acceptors (Lipinski definition) is 5. The normalized spacial score (nSPS) is 11.1. The Hall–Kier alpha value is -3.69. The highest BCUT2D eigenvalue weighted by atomic mass is 32.2. The van der Waals surface area contributed by atoms with E-state index >= 15 is 0 Å². The molecule has 0 saturated heterocycles. The first-order chi connectivity index (χ1) is 15.2. The third kappa shape index (κ3) is 3.88. The van der Waals surface area contributed by atoms with E-state index in [4.69, 9.17) is 10.2 Å². The monoisotopic (exact) mass is 421 g/mol. The number of nitrogens with zero attached hydrogens (tertiary/aromatic N) is 5. The quantitative estimate of drug-likeness (QED) is 0.351. The maximum Gasteiger partial charge on any atom is 0.211 e. The lowest BCUT2D eigenvalue weighted by atomic mass is 10.1. The summed E-state index contributed by atoms with van der Waals surface area (Å²) in [5, 5.41) is 19.7. The average molecular weight is 422 g/mol. The summed E-state index contributed by atoms with van der Waals surface area (Å²) in [7, 11) is 0. The molecular formula is C25H19N5S. The molecule has 0 unspecified atom stereocenters. The van der Waals surface area contributed by atoms with Crippen molar-refractivity contribution in [3.05, 3.63) is 95.1 Å². The lowest BCUT2D eigenvalue weighted by Crippen LogP contribution is -2.02. The van der Waals surface area contributed by atoms with Crippen LogP contribution in [0.25, 0.3) is 22.1 Å². The van der Waals surface area contributed by atoms with E-state index in [2.05, 4.69) is 64.2 Å². The van der Waals surface area contributed by atoms with Gasteiger partial charge in [-0.05, 0) is 36.2 Å². The second kappa shape index (κ2) is 8.21. The number of rotatable bonds is 5. The largest absolute Gasteiger partial charge is 0.319 e. The van der Waals surface area contributed by atoms with Gasteiger partial charge in [0.25, 0.3) is 0 Å². The first-order valence-electron chi connectivity index (χ1n) is 10.0. The fourth-order valence-electron chi connectivity index (χ4n) is 3.78. The number of aryl methyl sites for hydroxylation is 1. The topological polar surface area (TPSA) is 67.4 Å². The fourth-order valence-corrected chi connectivity index (χ4v) is 4.51. The third-order valence-corrected chi connectivity index (χ3v) is 6.11. The van der Waals surface area contributed by atoms with Crippen LogP contribution >= 0.6 is 11.8 Å². The van der Waals surface area contributed by atoms with Crippen molar-refractivity contribution < 1.29 is 0 Å². The zero-order chi connectivity index (χ0) is 21.2. The molecule has 31 heavy (non-hydrogen) atoms. The molecule has 0 amide bonds. The summed E-state index contributed by atoms with van der Waals surface area (Å²) in [4.78, 5) is 4.88. The molecule has 2 aromatic heterocycles. The second-order valence-electron chi connectivity index (χ2n) is 7.46. The fraction of sp³-hybridized carbons (Fsp3) is 0.120. The predicted molar refractivity (Wildman–Crippen MR) is 124 cm³/mol. The summed E-state index contributed by atoms with van der Waals surface area (Å²) in [6, 6.07) is 26.6. The summed E-state index contributed by atoms with van der Waals surface area (Å²) in [6.45, 7) is 2.83. The second-order valence-corrected chi connectivity index (χ2v) is 8.40. The number of nitriles is 1. The highest BCUT2D eigenvalue weighted by molar-refractivity contribution is 7.98. The van der Waals surface area contributed by atoms with Gasteiger partial charge in [-0.2, -0.15) is 5.26 Å². The van der Waals surface area contributed by atoms with E-state index in [-0.39, 0.29) is 0 Å². The molecule has 5 rings (SSSR count). The lowest BCUT2D eigenvalue weighted by molar-refractivity contribution is 0.814. The van der Waals surface area contributed by atoms with Gasteiger partial charge < -0.3 is 4.57 Å². The summed E-state index contributed by atoms with van der Waals surface area (Å²) in [6.07, 6.45) is 0. The van der Waals surface area contributed by atoms with Crippen molar-refractivity contribution in [1.29, 1.82) is 5.26 Å². The van der Waals surface area contributed by atoms with Crippen molar-refractivity contribution in [3.8, 4) is 6.07 Å². The summed E-state index contributed by atoms with van der Waals surface area (Å²) in [5.74, 6) is 0.681. The van der Waals surface area contributed by atoms with E-state index in [0.29, 0.717) is 16.5 Å². The van der Waals surface area contributed by atoms with E-state index in [0.717, 1.165) is 34.2 Å². The van der Waals surface area contributed by atoms with Gasteiger partial charge in [-0.3, -0.25) is 0 Å². The van der Waals surface area contributed by atoms with Crippen molar-refractivity contribution >= 4 is 33.8 Å². The van der Waals surface area contributed by atoms with Gasteiger partial charge in [0.15, 0.2) is 5.65 Å². The van der Waals surface area contributed by atoms with Crippen molar-refractivity contribution in [2.45, 2.75) is 24.4 Å². The van der Waals surface area contributed by atoms with Crippen LogP contribution in [0.2, 0.25) is 0 Å². The van der Waals surface area contributed by atoms with E-state index in [1.54, 1.807) is 0 Å². The van der Waals surface area contributed by atoms with Gasteiger partial charge in [0.05, 0.1) is 17.1 Å². The molecule has 5 aromatic rings. The molecule has 5 nitrogen and oxygen atoms in total. The summed E-state index contributed by atoms with van der Waals surface area (Å²) in [5.41, 5.74) is 6.94. The smallest absolute Gasteiger partial charge is 0.211 e. The molecule has 0 atom stereocenters. The van der Waals surface area contributed by atoms with Crippen LogP contribution in [0.15, 0.2) is 78.0 Å². The molecule has 0 radical (unpaired) electrons. The Morgan fingerprint density at radius 1 is 0.935 bits per heavy atom. The van der Waals surface area contributed by atoms with Crippen LogP contribution in [0.4, 0.5) is 0 Å². The predicted octanol–water partition coefficient (Wildman–Crippen LogP) is 5.50. The van der Waals surface area contributed by atoms with Crippen LogP contribution in [0.1, 0.15) is 22.3 Å². The molecule has 150 valence electrons. The molecule has 0 aliphatic rings. The van der Waals surface area contributed by atoms with Crippen molar-refractivity contribution in [3.63, 3.8) is 0 Å². The Kier molecular flexibility index (Phi) is 5.11. The zero-order valence-corrected chi connectivity index (χ0v) is 17.8. The lowest BCUT2D eigenvalue weighted by Gasteiger charge is -2.08. The van der Waals surface area contributed by atoms with E-state index in [1.165, 1.54) is 22.9 Å². The highest BCUT2D eigenvalue weighted by Gasteiger charge is 2.15. The molecule has 2 heterocycles. The number of fused-ring (bicyclic) bond motifs is 3. The van der Waals surface area contributed by atoms with Gasteiger partial charge in [-0.1, -0.05) is 71.9 Å².